The van der Waals surface area contributed by atoms with E-state index in [0.29, 0.717) is 25.3 Å². The van der Waals surface area contributed by atoms with Gasteiger partial charge in [0.2, 0.25) is 0 Å². The fourth-order valence-corrected chi connectivity index (χ4v) is 4.25. The fourth-order valence-electron chi connectivity index (χ4n) is 4.25. The predicted octanol–water partition coefficient (Wildman–Crippen LogP) is 5.63. The zero-order valence-corrected chi connectivity index (χ0v) is 17.3. The van der Waals surface area contributed by atoms with E-state index in [1.165, 1.54) is 22.8 Å². The summed E-state index contributed by atoms with van der Waals surface area (Å²) in [4.78, 5) is 0. The van der Waals surface area contributed by atoms with Gasteiger partial charge in [-0.05, 0) is 42.1 Å². The molecule has 4 heteroatoms. The van der Waals surface area contributed by atoms with Crippen LogP contribution in [0.4, 0.5) is 4.39 Å². The average molecular weight is 412 g/mol. The van der Waals surface area contributed by atoms with Crippen molar-refractivity contribution in [3.63, 3.8) is 0 Å². The van der Waals surface area contributed by atoms with Gasteiger partial charge in [-0.15, -0.1) is 12.4 Å². The molecule has 3 aromatic rings. The summed E-state index contributed by atoms with van der Waals surface area (Å²) in [5.41, 5.74) is 4.54. The van der Waals surface area contributed by atoms with Crippen LogP contribution < -0.4 is 5.32 Å². The molecule has 0 bridgehead atoms. The van der Waals surface area contributed by atoms with Crippen LogP contribution >= 0.6 is 12.4 Å². The van der Waals surface area contributed by atoms with Gasteiger partial charge in [-0.3, -0.25) is 0 Å². The zero-order chi connectivity index (χ0) is 19.2. The third-order valence-electron chi connectivity index (χ3n) is 5.70. The molecule has 1 atom stereocenters. The number of nitrogens with one attached hydrogen (secondary N) is 1. The Labute approximate surface area is 178 Å². The molecular weight excluding hydrogens is 385 g/mol. The molecule has 152 valence electrons. The molecule has 0 amide bonds. The predicted molar refractivity (Wildman–Crippen MR) is 118 cm³/mol. The lowest BCUT2D eigenvalue weighted by Gasteiger charge is -2.40. The third-order valence-corrected chi connectivity index (χ3v) is 5.70. The van der Waals surface area contributed by atoms with Gasteiger partial charge >= 0.3 is 0 Å². The van der Waals surface area contributed by atoms with Crippen LogP contribution in [-0.4, -0.2) is 13.2 Å². The van der Waals surface area contributed by atoms with E-state index in [-0.39, 0.29) is 23.6 Å². The Kier molecular flexibility index (Phi) is 7.43. The molecule has 0 spiro atoms. The molecule has 0 fully saturated rings. The van der Waals surface area contributed by atoms with Crippen LogP contribution in [-0.2, 0) is 23.3 Å². The molecular formula is C25H27ClFNO. The maximum atomic E-state index is 13.8. The van der Waals surface area contributed by atoms with E-state index >= 15 is 0 Å². The summed E-state index contributed by atoms with van der Waals surface area (Å²) in [7, 11) is 0. The minimum atomic E-state index is -0.148. The van der Waals surface area contributed by atoms with Gasteiger partial charge in [0.25, 0.3) is 0 Å². The van der Waals surface area contributed by atoms with E-state index in [0.717, 1.165) is 19.4 Å². The van der Waals surface area contributed by atoms with Crippen molar-refractivity contribution in [3.8, 4) is 0 Å². The Morgan fingerprint density at radius 3 is 2.45 bits per heavy atom. The van der Waals surface area contributed by atoms with Crippen LogP contribution in [0.2, 0.25) is 0 Å². The maximum absolute atomic E-state index is 13.8. The van der Waals surface area contributed by atoms with Crippen molar-refractivity contribution in [1.82, 2.24) is 5.32 Å². The maximum Gasteiger partial charge on any atom is 0.127 e. The number of fused-ring (bicyclic) bond motifs is 1. The van der Waals surface area contributed by atoms with Crippen LogP contribution in [0, 0.1) is 5.82 Å². The average Bonchev–Trinajstić information content (AvgIpc) is 2.75. The molecule has 0 aliphatic carbocycles. The van der Waals surface area contributed by atoms with E-state index in [1.807, 2.05) is 12.1 Å². The van der Waals surface area contributed by atoms with Gasteiger partial charge in [-0.25, -0.2) is 4.39 Å². The smallest absolute Gasteiger partial charge is 0.127 e. The van der Waals surface area contributed by atoms with Crippen LogP contribution in [0.25, 0.3) is 0 Å². The van der Waals surface area contributed by atoms with Crippen molar-refractivity contribution in [2.75, 3.05) is 13.2 Å². The molecule has 29 heavy (non-hydrogen) atoms. The van der Waals surface area contributed by atoms with Gasteiger partial charge in [0.1, 0.15) is 5.82 Å². The topological polar surface area (TPSA) is 21.3 Å². The van der Waals surface area contributed by atoms with Gasteiger partial charge in [0.05, 0.1) is 13.2 Å². The zero-order valence-electron chi connectivity index (χ0n) is 16.4. The summed E-state index contributed by atoms with van der Waals surface area (Å²) < 4.78 is 19.8. The molecule has 1 aliphatic rings. The van der Waals surface area contributed by atoms with Crippen molar-refractivity contribution in [2.24, 2.45) is 0 Å². The Hall–Kier alpha value is -2.20. The van der Waals surface area contributed by atoms with Crippen LogP contribution in [0.15, 0.2) is 78.9 Å². The molecule has 2 nitrogen and oxygen atoms in total. The second-order valence-electron chi connectivity index (χ2n) is 7.47. The number of ether oxygens (including phenoxy) is 1. The van der Waals surface area contributed by atoms with Crippen LogP contribution in [0.1, 0.15) is 35.1 Å². The summed E-state index contributed by atoms with van der Waals surface area (Å²) >= 11 is 0. The highest BCUT2D eigenvalue weighted by atomic mass is 35.5. The monoisotopic (exact) mass is 411 g/mol. The van der Waals surface area contributed by atoms with Crippen molar-refractivity contribution in [1.29, 1.82) is 0 Å². The van der Waals surface area contributed by atoms with Crippen molar-refractivity contribution in [3.05, 3.63) is 107 Å². The van der Waals surface area contributed by atoms with Crippen LogP contribution in [0.5, 0.6) is 0 Å². The normalized spacial score (nSPS) is 18.0. The van der Waals surface area contributed by atoms with Gasteiger partial charge in [0, 0.05) is 17.5 Å². The molecule has 0 saturated heterocycles. The largest absolute Gasteiger partial charge is 0.375 e. The third kappa shape index (κ3) is 4.69. The SMILES string of the molecule is Cl.Fc1ccccc1CNCCCC1(c2ccccc2)COCc2ccccc21. The van der Waals surface area contributed by atoms with E-state index in [1.54, 1.807) is 6.07 Å². The lowest BCUT2D eigenvalue weighted by Crippen LogP contribution is -2.38. The molecule has 1 N–H and O–H groups in total. The van der Waals surface area contributed by atoms with E-state index in [9.17, 15) is 4.39 Å². The minimum absolute atomic E-state index is 0. The van der Waals surface area contributed by atoms with E-state index < -0.39 is 0 Å². The molecule has 0 aromatic heterocycles. The first-order chi connectivity index (χ1) is 13.8. The number of hydrogen-bond acceptors (Lipinski definition) is 2. The first-order valence-electron chi connectivity index (χ1n) is 9.95. The summed E-state index contributed by atoms with van der Waals surface area (Å²) in [5.74, 6) is -0.148. The van der Waals surface area contributed by atoms with E-state index in [4.69, 9.17) is 4.74 Å². The summed E-state index contributed by atoms with van der Waals surface area (Å²) in [6.45, 7) is 2.76. The number of rotatable bonds is 7. The van der Waals surface area contributed by atoms with Gasteiger partial charge < -0.3 is 10.1 Å². The molecule has 1 unspecified atom stereocenters. The second kappa shape index (κ2) is 10.0. The molecule has 1 aliphatic heterocycles. The van der Waals surface area contributed by atoms with E-state index in [2.05, 4.69) is 59.9 Å². The molecule has 0 radical (unpaired) electrons. The highest BCUT2D eigenvalue weighted by Crippen LogP contribution is 2.41. The molecule has 4 rings (SSSR count). The van der Waals surface area contributed by atoms with Crippen molar-refractivity contribution >= 4 is 12.4 Å². The van der Waals surface area contributed by atoms with Crippen LogP contribution in [0.3, 0.4) is 0 Å². The number of halogens is 2. The number of hydrogen-bond donors (Lipinski definition) is 1. The highest BCUT2D eigenvalue weighted by Gasteiger charge is 2.38. The van der Waals surface area contributed by atoms with Gasteiger partial charge in [0.15, 0.2) is 0 Å². The molecule has 3 aromatic carbocycles. The highest BCUT2D eigenvalue weighted by molar-refractivity contribution is 5.85. The Balaban J connectivity index is 0.00000240. The lowest BCUT2D eigenvalue weighted by atomic mass is 9.69. The first-order valence-corrected chi connectivity index (χ1v) is 9.95. The van der Waals surface area contributed by atoms with Gasteiger partial charge in [-0.1, -0.05) is 72.8 Å². The first kappa shape index (κ1) is 21.5. The van der Waals surface area contributed by atoms with Crippen molar-refractivity contribution < 1.29 is 9.13 Å². The second-order valence-corrected chi connectivity index (χ2v) is 7.47. The Morgan fingerprint density at radius 1 is 0.897 bits per heavy atom. The summed E-state index contributed by atoms with van der Waals surface area (Å²) in [5, 5.41) is 3.39. The molecule has 0 saturated carbocycles. The summed E-state index contributed by atoms with van der Waals surface area (Å²) in [6.07, 6.45) is 1.97. The lowest BCUT2D eigenvalue weighted by molar-refractivity contribution is 0.0613. The Bertz CT molecular complexity index is 917. The van der Waals surface area contributed by atoms with Crippen molar-refractivity contribution in [2.45, 2.75) is 31.4 Å². The quantitative estimate of drug-likeness (QED) is 0.508. The standard InChI is InChI=1S/C25H26FNO.ClH/c26-24-14-7-5-9-20(24)17-27-16-8-15-25(22-11-2-1-3-12-22)19-28-18-21-10-4-6-13-23(21)25;/h1-7,9-14,27H,8,15-19H2;1H. The Morgan fingerprint density at radius 2 is 1.62 bits per heavy atom. The fraction of sp³-hybridized carbons (Fsp3) is 0.280. The number of benzene rings is 3. The summed E-state index contributed by atoms with van der Waals surface area (Å²) in [6, 6.07) is 26.2. The molecule has 1 heterocycles. The van der Waals surface area contributed by atoms with Gasteiger partial charge in [-0.2, -0.15) is 0 Å². The minimum Gasteiger partial charge on any atom is -0.375 e.